The molecule has 19 heavy (non-hydrogen) atoms. The number of carboxylic acid groups (broad SMARTS) is 1. The number of nitrogens with two attached hydrogens (primary N) is 1. The quantitative estimate of drug-likeness (QED) is 0.814. The third-order valence-electron chi connectivity index (χ3n) is 2.66. The van der Waals surface area contributed by atoms with Gasteiger partial charge < -0.3 is 10.8 Å². The summed E-state index contributed by atoms with van der Waals surface area (Å²) >= 11 is 0. The fourth-order valence-electron chi connectivity index (χ4n) is 1.67. The zero-order valence-electron chi connectivity index (χ0n) is 9.88. The summed E-state index contributed by atoms with van der Waals surface area (Å²) in [5.41, 5.74) is 4.15. The van der Waals surface area contributed by atoms with Gasteiger partial charge in [-0.3, -0.25) is 4.79 Å². The first kappa shape index (κ1) is 15.4. The van der Waals surface area contributed by atoms with E-state index in [1.165, 1.54) is 0 Å². The van der Waals surface area contributed by atoms with Gasteiger partial charge in [0.25, 0.3) is 0 Å². The van der Waals surface area contributed by atoms with Crippen LogP contribution in [0.4, 0.5) is 17.6 Å². The van der Waals surface area contributed by atoms with E-state index >= 15 is 0 Å². The lowest BCUT2D eigenvalue weighted by Gasteiger charge is -2.13. The van der Waals surface area contributed by atoms with E-state index in [2.05, 4.69) is 0 Å². The van der Waals surface area contributed by atoms with Crippen LogP contribution in [0.3, 0.4) is 0 Å². The Morgan fingerprint density at radius 3 is 2.53 bits per heavy atom. The molecule has 0 fully saturated rings. The van der Waals surface area contributed by atoms with Crippen molar-refractivity contribution in [2.75, 3.05) is 0 Å². The molecule has 0 amide bonds. The molecule has 1 rings (SSSR count). The number of carbonyl (C=O) groups is 1. The monoisotopic (exact) mass is 279 g/mol. The number of rotatable bonds is 5. The largest absolute Gasteiger partial charge is 0.480 e. The van der Waals surface area contributed by atoms with E-state index in [4.69, 9.17) is 10.8 Å². The fraction of sp³-hybridized carbons (Fsp3) is 0.417. The summed E-state index contributed by atoms with van der Waals surface area (Å²) in [5, 5.41) is 8.54. The minimum absolute atomic E-state index is 0.00387. The van der Waals surface area contributed by atoms with Gasteiger partial charge in [0.15, 0.2) is 0 Å². The summed E-state index contributed by atoms with van der Waals surface area (Å²) in [5.74, 6) is -2.16. The molecule has 0 radical (unpaired) electrons. The Labute approximate surface area is 107 Å². The molecule has 0 bridgehead atoms. The molecule has 0 aromatic heterocycles. The lowest BCUT2D eigenvalue weighted by Crippen LogP contribution is -2.29. The number of halogens is 4. The maximum atomic E-state index is 12.8. The van der Waals surface area contributed by atoms with E-state index in [1.54, 1.807) is 0 Å². The highest BCUT2D eigenvalue weighted by atomic mass is 19.4. The summed E-state index contributed by atoms with van der Waals surface area (Å²) in [6.45, 7) is 0. The van der Waals surface area contributed by atoms with Gasteiger partial charge >= 0.3 is 12.1 Å². The molecule has 106 valence electrons. The molecule has 0 saturated heterocycles. The van der Waals surface area contributed by atoms with E-state index in [1.807, 2.05) is 0 Å². The highest BCUT2D eigenvalue weighted by Gasteiger charge is 2.33. The second-order valence-electron chi connectivity index (χ2n) is 4.14. The number of benzene rings is 1. The number of carboxylic acids is 1. The smallest absolute Gasteiger partial charge is 0.416 e. The predicted molar refractivity (Wildman–Crippen MR) is 60.0 cm³/mol. The maximum Gasteiger partial charge on any atom is 0.416 e. The van der Waals surface area contributed by atoms with Gasteiger partial charge in [-0.15, -0.1) is 0 Å². The van der Waals surface area contributed by atoms with Gasteiger partial charge in [-0.05, 0) is 37.0 Å². The molecular formula is C12H13F4NO2. The van der Waals surface area contributed by atoms with Crippen LogP contribution in [-0.2, 0) is 17.4 Å². The topological polar surface area (TPSA) is 63.3 Å². The van der Waals surface area contributed by atoms with Crippen LogP contribution in [0.25, 0.3) is 0 Å². The van der Waals surface area contributed by atoms with Crippen LogP contribution in [-0.4, -0.2) is 17.1 Å². The van der Waals surface area contributed by atoms with Crippen molar-refractivity contribution in [1.29, 1.82) is 0 Å². The molecule has 0 saturated carbocycles. The molecule has 1 atom stereocenters. The van der Waals surface area contributed by atoms with E-state index in [0.717, 1.165) is 12.1 Å². The lowest BCUT2D eigenvalue weighted by atomic mass is 10.00. The number of hydrogen-bond donors (Lipinski definition) is 2. The van der Waals surface area contributed by atoms with Crippen molar-refractivity contribution in [3.63, 3.8) is 0 Å². The van der Waals surface area contributed by atoms with Crippen LogP contribution < -0.4 is 5.73 Å². The summed E-state index contributed by atoms with van der Waals surface area (Å²) in [6.07, 6.45) is -4.39. The number of aliphatic carboxylic acids is 1. The third kappa shape index (κ3) is 4.51. The molecule has 0 aliphatic carbocycles. The zero-order chi connectivity index (χ0) is 14.6. The molecule has 0 aliphatic heterocycles. The Bertz CT molecular complexity index is 460. The molecule has 0 heterocycles. The van der Waals surface area contributed by atoms with E-state index < -0.39 is 29.6 Å². The van der Waals surface area contributed by atoms with Gasteiger partial charge in [-0.2, -0.15) is 13.2 Å². The first-order valence-corrected chi connectivity index (χ1v) is 5.56. The van der Waals surface area contributed by atoms with Crippen LogP contribution >= 0.6 is 0 Å². The van der Waals surface area contributed by atoms with Crippen molar-refractivity contribution in [2.45, 2.75) is 31.5 Å². The minimum Gasteiger partial charge on any atom is -0.480 e. The van der Waals surface area contributed by atoms with Crippen LogP contribution in [0.2, 0.25) is 0 Å². The zero-order valence-corrected chi connectivity index (χ0v) is 9.88. The van der Waals surface area contributed by atoms with Crippen molar-refractivity contribution in [3.8, 4) is 0 Å². The van der Waals surface area contributed by atoms with Gasteiger partial charge in [-0.25, -0.2) is 4.39 Å². The van der Waals surface area contributed by atoms with Crippen LogP contribution in [0.1, 0.15) is 24.0 Å². The average Bonchev–Trinajstić information content (AvgIpc) is 2.29. The Balaban J connectivity index is 2.76. The Morgan fingerprint density at radius 1 is 1.37 bits per heavy atom. The predicted octanol–water partition coefficient (Wildman–Crippen LogP) is 2.58. The lowest BCUT2D eigenvalue weighted by molar-refractivity contribution is -0.139. The number of hydrogen-bond acceptors (Lipinski definition) is 2. The Morgan fingerprint density at radius 2 is 2.00 bits per heavy atom. The van der Waals surface area contributed by atoms with Gasteiger partial charge in [0.1, 0.15) is 11.9 Å². The van der Waals surface area contributed by atoms with Crippen molar-refractivity contribution >= 4 is 5.97 Å². The highest BCUT2D eigenvalue weighted by molar-refractivity contribution is 5.72. The summed E-state index contributed by atoms with van der Waals surface area (Å²) in [6, 6.07) is 1.34. The first-order valence-electron chi connectivity index (χ1n) is 5.56. The minimum atomic E-state index is -4.63. The van der Waals surface area contributed by atoms with Crippen molar-refractivity contribution in [1.82, 2.24) is 0 Å². The summed E-state index contributed by atoms with van der Waals surface area (Å²) in [7, 11) is 0. The van der Waals surface area contributed by atoms with E-state index in [-0.39, 0.29) is 24.8 Å². The highest BCUT2D eigenvalue weighted by Crippen LogP contribution is 2.33. The SMILES string of the molecule is NC(CCCc1ccc(F)cc1C(F)(F)F)C(=O)O. The second-order valence-corrected chi connectivity index (χ2v) is 4.14. The normalized spacial score (nSPS) is 13.3. The van der Waals surface area contributed by atoms with Gasteiger partial charge in [0, 0.05) is 0 Å². The van der Waals surface area contributed by atoms with Gasteiger partial charge in [0.2, 0.25) is 0 Å². The third-order valence-corrected chi connectivity index (χ3v) is 2.66. The van der Waals surface area contributed by atoms with Crippen molar-refractivity contribution in [2.24, 2.45) is 5.73 Å². The Kier molecular flexibility index (Phi) is 4.88. The van der Waals surface area contributed by atoms with Gasteiger partial charge in [-0.1, -0.05) is 6.07 Å². The van der Waals surface area contributed by atoms with Crippen LogP contribution in [0.5, 0.6) is 0 Å². The number of aryl methyl sites for hydroxylation is 1. The molecule has 7 heteroatoms. The molecule has 0 aliphatic rings. The van der Waals surface area contributed by atoms with Crippen molar-refractivity contribution in [3.05, 3.63) is 35.1 Å². The van der Waals surface area contributed by atoms with Crippen LogP contribution in [0, 0.1) is 5.82 Å². The first-order chi connectivity index (χ1) is 8.71. The summed E-state index contributed by atoms with van der Waals surface area (Å²) in [4.78, 5) is 10.5. The molecule has 3 nitrogen and oxygen atoms in total. The molecule has 3 N–H and O–H groups in total. The standard InChI is InChI=1S/C12H13F4NO2/c13-8-5-4-7(9(6-8)12(14,15)16)2-1-3-10(17)11(18)19/h4-6,10H,1-3,17H2,(H,18,19). The molecule has 1 unspecified atom stereocenters. The van der Waals surface area contributed by atoms with Gasteiger partial charge in [0.05, 0.1) is 5.56 Å². The number of alkyl halides is 3. The second kappa shape index (κ2) is 6.01. The van der Waals surface area contributed by atoms with Crippen LogP contribution in [0.15, 0.2) is 18.2 Å². The van der Waals surface area contributed by atoms with E-state index in [0.29, 0.717) is 6.07 Å². The molecule has 0 spiro atoms. The average molecular weight is 279 g/mol. The molecule has 1 aromatic carbocycles. The summed E-state index contributed by atoms with van der Waals surface area (Å²) < 4.78 is 50.8. The molecular weight excluding hydrogens is 266 g/mol. The Hall–Kier alpha value is -1.63. The maximum absolute atomic E-state index is 12.8. The fourth-order valence-corrected chi connectivity index (χ4v) is 1.67. The molecule has 1 aromatic rings. The van der Waals surface area contributed by atoms with E-state index in [9.17, 15) is 22.4 Å². The van der Waals surface area contributed by atoms with Crippen molar-refractivity contribution < 1.29 is 27.5 Å².